The molecule has 0 spiro atoms. The lowest BCUT2D eigenvalue weighted by atomic mass is 9.89. The van der Waals surface area contributed by atoms with Gasteiger partial charge < -0.3 is 10.1 Å². The molecule has 2 rings (SSSR count). The molecule has 1 aromatic rings. The maximum atomic E-state index is 6.32. The molecule has 1 N–H and O–H groups in total. The highest BCUT2D eigenvalue weighted by Crippen LogP contribution is 2.39. The van der Waals surface area contributed by atoms with Crippen LogP contribution in [-0.2, 0) is 4.74 Å². The number of halogens is 2. The minimum atomic E-state index is 0.0595. The van der Waals surface area contributed by atoms with Crippen molar-refractivity contribution in [3.63, 3.8) is 0 Å². The van der Waals surface area contributed by atoms with Gasteiger partial charge in [-0.2, -0.15) is 0 Å². The Morgan fingerprint density at radius 3 is 3.00 bits per heavy atom. The van der Waals surface area contributed by atoms with Gasteiger partial charge in [0.2, 0.25) is 0 Å². The van der Waals surface area contributed by atoms with E-state index in [9.17, 15) is 0 Å². The molecule has 1 aromatic carbocycles. The minimum absolute atomic E-state index is 0.0595. The van der Waals surface area contributed by atoms with Gasteiger partial charge in [0.05, 0.1) is 16.1 Å². The number of ether oxygens (including phenoxy) is 1. The first-order chi connectivity index (χ1) is 9.24. The molecule has 1 aliphatic rings. The first kappa shape index (κ1) is 15.1. The van der Waals surface area contributed by atoms with E-state index in [-0.39, 0.29) is 6.10 Å². The summed E-state index contributed by atoms with van der Waals surface area (Å²) in [6.45, 7) is 5.00. The molecule has 0 bridgehead atoms. The van der Waals surface area contributed by atoms with Gasteiger partial charge in [0.15, 0.2) is 0 Å². The second-order valence-electron chi connectivity index (χ2n) is 5.04. The Morgan fingerprint density at radius 1 is 1.37 bits per heavy atom. The van der Waals surface area contributed by atoms with Crippen molar-refractivity contribution in [2.75, 3.05) is 19.7 Å². The average Bonchev–Trinajstić information content (AvgIpc) is 2.43. The summed E-state index contributed by atoms with van der Waals surface area (Å²) in [6, 6.07) is 5.79. The summed E-state index contributed by atoms with van der Waals surface area (Å²) in [5.41, 5.74) is 1.03. The monoisotopic (exact) mass is 301 g/mol. The van der Waals surface area contributed by atoms with E-state index in [4.69, 9.17) is 27.9 Å². The smallest absolute Gasteiger partial charge is 0.0880 e. The SMILES string of the molecule is CCCNCC1CCCOC1c1cccc(Cl)c1Cl. The van der Waals surface area contributed by atoms with Gasteiger partial charge in [0, 0.05) is 24.6 Å². The Morgan fingerprint density at radius 2 is 2.21 bits per heavy atom. The van der Waals surface area contributed by atoms with Crippen LogP contribution in [0.2, 0.25) is 10.0 Å². The molecule has 4 heteroatoms. The van der Waals surface area contributed by atoms with Crippen LogP contribution in [-0.4, -0.2) is 19.7 Å². The van der Waals surface area contributed by atoms with Crippen molar-refractivity contribution >= 4 is 23.2 Å². The predicted molar refractivity (Wildman–Crippen MR) is 81.0 cm³/mol. The third kappa shape index (κ3) is 3.85. The third-order valence-electron chi connectivity index (χ3n) is 3.57. The number of nitrogens with one attached hydrogen (secondary N) is 1. The normalized spacial score (nSPS) is 23.5. The van der Waals surface area contributed by atoms with E-state index in [1.807, 2.05) is 18.2 Å². The quantitative estimate of drug-likeness (QED) is 0.811. The average molecular weight is 302 g/mol. The molecule has 0 aromatic heterocycles. The van der Waals surface area contributed by atoms with Crippen LogP contribution >= 0.6 is 23.2 Å². The molecule has 2 unspecified atom stereocenters. The maximum Gasteiger partial charge on any atom is 0.0880 e. The van der Waals surface area contributed by atoms with Gasteiger partial charge >= 0.3 is 0 Å². The summed E-state index contributed by atoms with van der Waals surface area (Å²) in [4.78, 5) is 0. The summed E-state index contributed by atoms with van der Waals surface area (Å²) >= 11 is 12.4. The lowest BCUT2D eigenvalue weighted by molar-refractivity contribution is -0.0276. The van der Waals surface area contributed by atoms with Crippen molar-refractivity contribution in [1.29, 1.82) is 0 Å². The molecule has 1 aliphatic heterocycles. The molecular weight excluding hydrogens is 281 g/mol. The van der Waals surface area contributed by atoms with Crippen LogP contribution in [0, 0.1) is 5.92 Å². The van der Waals surface area contributed by atoms with Crippen molar-refractivity contribution < 1.29 is 4.74 Å². The molecule has 106 valence electrons. The van der Waals surface area contributed by atoms with E-state index in [1.54, 1.807) is 0 Å². The Labute approximate surface area is 125 Å². The maximum absolute atomic E-state index is 6.32. The fraction of sp³-hybridized carbons (Fsp3) is 0.600. The number of benzene rings is 1. The molecule has 0 radical (unpaired) electrons. The molecule has 0 aliphatic carbocycles. The molecule has 1 fully saturated rings. The molecular formula is C15H21Cl2NO. The van der Waals surface area contributed by atoms with Crippen LogP contribution in [0.15, 0.2) is 18.2 Å². The van der Waals surface area contributed by atoms with Crippen LogP contribution in [0.5, 0.6) is 0 Å². The number of hydrogen-bond donors (Lipinski definition) is 1. The van der Waals surface area contributed by atoms with Crippen molar-refractivity contribution in [2.24, 2.45) is 5.92 Å². The zero-order valence-corrected chi connectivity index (χ0v) is 12.8. The molecule has 1 heterocycles. The first-order valence-electron chi connectivity index (χ1n) is 7.00. The van der Waals surface area contributed by atoms with Gasteiger partial charge in [-0.05, 0) is 31.9 Å². The van der Waals surface area contributed by atoms with Gasteiger partial charge in [-0.1, -0.05) is 42.3 Å². The van der Waals surface area contributed by atoms with Gasteiger partial charge in [-0.25, -0.2) is 0 Å². The summed E-state index contributed by atoms with van der Waals surface area (Å²) in [5.74, 6) is 0.469. The summed E-state index contributed by atoms with van der Waals surface area (Å²) in [5, 5.41) is 4.72. The largest absolute Gasteiger partial charge is 0.373 e. The molecule has 1 saturated heterocycles. The van der Waals surface area contributed by atoms with Crippen LogP contribution in [0.1, 0.15) is 37.9 Å². The Bertz CT molecular complexity index is 411. The van der Waals surface area contributed by atoms with Crippen molar-refractivity contribution in [1.82, 2.24) is 5.32 Å². The molecule has 19 heavy (non-hydrogen) atoms. The Balaban J connectivity index is 2.12. The standard InChI is InChI=1S/C15H21Cl2NO/c1-2-8-18-10-11-5-4-9-19-15(11)12-6-3-7-13(16)14(12)17/h3,6-7,11,15,18H,2,4-5,8-10H2,1H3. The Kier molecular flexibility index (Phi) is 5.96. The second-order valence-corrected chi connectivity index (χ2v) is 5.83. The van der Waals surface area contributed by atoms with Gasteiger partial charge in [0.25, 0.3) is 0 Å². The lowest BCUT2D eigenvalue weighted by Gasteiger charge is -2.33. The third-order valence-corrected chi connectivity index (χ3v) is 4.40. The summed E-state index contributed by atoms with van der Waals surface area (Å²) in [6.07, 6.45) is 3.50. The van der Waals surface area contributed by atoms with Crippen molar-refractivity contribution in [3.8, 4) is 0 Å². The minimum Gasteiger partial charge on any atom is -0.373 e. The van der Waals surface area contributed by atoms with Crippen molar-refractivity contribution in [2.45, 2.75) is 32.3 Å². The fourth-order valence-electron chi connectivity index (χ4n) is 2.60. The van der Waals surface area contributed by atoms with Crippen LogP contribution in [0.25, 0.3) is 0 Å². The van der Waals surface area contributed by atoms with Gasteiger partial charge in [-0.3, -0.25) is 0 Å². The van der Waals surface area contributed by atoms with E-state index < -0.39 is 0 Å². The van der Waals surface area contributed by atoms with Gasteiger partial charge in [0.1, 0.15) is 0 Å². The summed E-state index contributed by atoms with van der Waals surface area (Å²) in [7, 11) is 0. The Hall–Kier alpha value is -0.280. The van der Waals surface area contributed by atoms with Gasteiger partial charge in [-0.15, -0.1) is 0 Å². The van der Waals surface area contributed by atoms with E-state index in [1.165, 1.54) is 6.42 Å². The van der Waals surface area contributed by atoms with Crippen LogP contribution in [0.4, 0.5) is 0 Å². The zero-order chi connectivity index (χ0) is 13.7. The highest BCUT2D eigenvalue weighted by Gasteiger charge is 2.29. The molecule has 0 amide bonds. The van der Waals surface area contributed by atoms with Crippen molar-refractivity contribution in [3.05, 3.63) is 33.8 Å². The first-order valence-corrected chi connectivity index (χ1v) is 7.76. The fourth-order valence-corrected chi connectivity index (χ4v) is 3.02. The van der Waals surface area contributed by atoms with E-state index in [2.05, 4.69) is 12.2 Å². The number of rotatable bonds is 5. The topological polar surface area (TPSA) is 21.3 Å². The molecule has 2 nitrogen and oxygen atoms in total. The highest BCUT2D eigenvalue weighted by molar-refractivity contribution is 6.42. The van der Waals surface area contributed by atoms with E-state index in [0.717, 1.165) is 38.1 Å². The second kappa shape index (κ2) is 7.49. The van der Waals surface area contributed by atoms with Crippen LogP contribution in [0.3, 0.4) is 0 Å². The van der Waals surface area contributed by atoms with Crippen LogP contribution < -0.4 is 5.32 Å². The lowest BCUT2D eigenvalue weighted by Crippen LogP contribution is -2.32. The molecule has 2 atom stereocenters. The number of hydrogen-bond acceptors (Lipinski definition) is 2. The highest BCUT2D eigenvalue weighted by atomic mass is 35.5. The zero-order valence-electron chi connectivity index (χ0n) is 11.3. The summed E-state index contributed by atoms with van der Waals surface area (Å²) < 4.78 is 5.96. The predicted octanol–water partition coefficient (Wildman–Crippen LogP) is 4.46. The molecule has 0 saturated carbocycles. The van der Waals surface area contributed by atoms with E-state index >= 15 is 0 Å². The van der Waals surface area contributed by atoms with E-state index in [0.29, 0.717) is 16.0 Å².